The van der Waals surface area contributed by atoms with Crippen LogP contribution >= 0.6 is 23.1 Å². The number of aromatic nitrogens is 1. The van der Waals surface area contributed by atoms with Crippen LogP contribution in [-0.2, 0) is 12.3 Å². The zero-order valence-corrected chi connectivity index (χ0v) is 14.3. The highest BCUT2D eigenvalue weighted by Gasteiger charge is 2.14. The molecule has 2 aromatic rings. The van der Waals surface area contributed by atoms with Crippen LogP contribution in [0.5, 0.6) is 0 Å². The lowest BCUT2D eigenvalue weighted by atomic mass is 10.1. The summed E-state index contributed by atoms with van der Waals surface area (Å²) >= 11 is 3.25. The summed E-state index contributed by atoms with van der Waals surface area (Å²) in [5, 5.41) is 4.43. The number of thioether (sulfide) groups is 1. The molecule has 0 spiro atoms. The normalized spacial score (nSPS) is 11.3. The molecule has 0 bridgehead atoms. The van der Waals surface area contributed by atoms with Crippen LogP contribution in [0, 0.1) is 5.82 Å². The second kappa shape index (κ2) is 7.92. The molecule has 0 aliphatic heterocycles. The predicted molar refractivity (Wildman–Crippen MR) is 89.5 cm³/mol. The molecule has 1 N–H and O–H groups in total. The number of benzene rings is 1. The Kier molecular flexibility index (Phi) is 6.21. The third-order valence-electron chi connectivity index (χ3n) is 3.04. The molecule has 0 saturated carbocycles. The van der Waals surface area contributed by atoms with Crippen molar-refractivity contribution < 1.29 is 4.39 Å². The number of nitrogens with zero attached hydrogens (tertiary/aromatic N) is 1. The Bertz CT molecular complexity index is 581. The molecule has 0 radical (unpaired) electrons. The highest BCUT2D eigenvalue weighted by Crippen LogP contribution is 2.30. The molecule has 2 rings (SSSR count). The number of nitrogens with one attached hydrogen (secondary N) is 1. The van der Waals surface area contributed by atoms with Crippen molar-refractivity contribution in [3.05, 3.63) is 45.7 Å². The van der Waals surface area contributed by atoms with Crippen molar-refractivity contribution in [3.8, 4) is 0 Å². The second-order valence-electron chi connectivity index (χ2n) is 5.07. The molecular formula is C16H21FN2S2. The first-order chi connectivity index (χ1) is 10.1. The van der Waals surface area contributed by atoms with Crippen LogP contribution in [0.2, 0.25) is 0 Å². The summed E-state index contributed by atoms with van der Waals surface area (Å²) in [6.07, 6.45) is 0. The lowest BCUT2D eigenvalue weighted by Gasteiger charge is -2.04. The monoisotopic (exact) mass is 324 g/mol. The molecular weight excluding hydrogens is 303 g/mol. The van der Waals surface area contributed by atoms with E-state index in [9.17, 15) is 4.39 Å². The Hall–Kier alpha value is -0.910. The van der Waals surface area contributed by atoms with E-state index in [-0.39, 0.29) is 5.82 Å². The van der Waals surface area contributed by atoms with Crippen molar-refractivity contribution >= 4 is 23.1 Å². The molecule has 0 aliphatic rings. The van der Waals surface area contributed by atoms with Crippen LogP contribution in [0.4, 0.5) is 4.39 Å². The van der Waals surface area contributed by atoms with Gasteiger partial charge < -0.3 is 5.32 Å². The summed E-state index contributed by atoms with van der Waals surface area (Å²) in [5.74, 6) is 0.982. The zero-order chi connectivity index (χ0) is 15.2. The van der Waals surface area contributed by atoms with E-state index < -0.39 is 0 Å². The molecule has 0 aliphatic carbocycles. The largest absolute Gasteiger partial charge is 0.312 e. The average Bonchev–Trinajstić information content (AvgIpc) is 2.88. The van der Waals surface area contributed by atoms with Crippen LogP contribution in [0.3, 0.4) is 0 Å². The van der Waals surface area contributed by atoms with Gasteiger partial charge in [-0.05, 0) is 24.6 Å². The Labute approximate surface area is 134 Å². The fraction of sp³-hybridized carbons (Fsp3) is 0.438. The van der Waals surface area contributed by atoms with Gasteiger partial charge >= 0.3 is 0 Å². The number of hydrogen-bond donors (Lipinski definition) is 1. The van der Waals surface area contributed by atoms with Crippen LogP contribution < -0.4 is 5.32 Å². The Morgan fingerprint density at radius 2 is 2.10 bits per heavy atom. The summed E-state index contributed by atoms with van der Waals surface area (Å²) in [4.78, 5) is 6.73. The Morgan fingerprint density at radius 1 is 1.33 bits per heavy atom. The lowest BCUT2D eigenvalue weighted by molar-refractivity contribution is 0.602. The van der Waals surface area contributed by atoms with Crippen LogP contribution in [0.15, 0.2) is 29.2 Å². The highest BCUT2D eigenvalue weighted by atomic mass is 32.2. The van der Waals surface area contributed by atoms with Crippen molar-refractivity contribution in [1.82, 2.24) is 10.3 Å². The zero-order valence-electron chi connectivity index (χ0n) is 12.6. The third kappa shape index (κ3) is 4.53. The Morgan fingerprint density at radius 3 is 2.76 bits per heavy atom. The van der Waals surface area contributed by atoms with Gasteiger partial charge in [0, 0.05) is 16.3 Å². The number of thiazole rings is 1. The average molecular weight is 324 g/mol. The molecule has 1 heterocycles. The molecule has 0 saturated heterocycles. The van der Waals surface area contributed by atoms with E-state index in [2.05, 4.69) is 26.1 Å². The fourth-order valence-corrected chi connectivity index (χ4v) is 4.12. The standard InChI is InChI=1S/C16H21FN2S2/c1-4-18-9-14-16(11(2)3)19-15(21-14)10-20-13-8-6-5-7-12(13)17/h5-8,11,18H,4,9-10H2,1-3H3. The van der Waals surface area contributed by atoms with E-state index in [0.717, 1.165) is 23.8 Å². The van der Waals surface area contributed by atoms with Crippen molar-refractivity contribution in [2.45, 2.75) is 43.9 Å². The van der Waals surface area contributed by atoms with Gasteiger partial charge in [-0.1, -0.05) is 32.9 Å². The molecule has 0 fully saturated rings. The van der Waals surface area contributed by atoms with Gasteiger partial charge in [-0.2, -0.15) is 0 Å². The van der Waals surface area contributed by atoms with E-state index in [1.165, 1.54) is 28.4 Å². The van der Waals surface area contributed by atoms with Gasteiger partial charge in [0.1, 0.15) is 10.8 Å². The van der Waals surface area contributed by atoms with Crippen LogP contribution in [0.25, 0.3) is 0 Å². The fourth-order valence-electron chi connectivity index (χ4n) is 1.99. The van der Waals surface area contributed by atoms with E-state index in [0.29, 0.717) is 10.8 Å². The molecule has 2 nitrogen and oxygen atoms in total. The van der Waals surface area contributed by atoms with Gasteiger partial charge in [0.05, 0.1) is 11.4 Å². The van der Waals surface area contributed by atoms with Gasteiger partial charge in [0.25, 0.3) is 0 Å². The van der Waals surface area contributed by atoms with Gasteiger partial charge in [-0.25, -0.2) is 9.37 Å². The van der Waals surface area contributed by atoms with Gasteiger partial charge in [-0.15, -0.1) is 23.1 Å². The number of halogens is 1. The first-order valence-electron chi connectivity index (χ1n) is 7.18. The maximum absolute atomic E-state index is 13.6. The molecule has 0 atom stereocenters. The molecule has 114 valence electrons. The van der Waals surface area contributed by atoms with E-state index in [1.807, 2.05) is 12.1 Å². The topological polar surface area (TPSA) is 24.9 Å². The minimum absolute atomic E-state index is 0.156. The highest BCUT2D eigenvalue weighted by molar-refractivity contribution is 7.98. The quantitative estimate of drug-likeness (QED) is 0.740. The summed E-state index contributed by atoms with van der Waals surface area (Å²) in [6.45, 7) is 8.25. The molecule has 0 amide bonds. The molecule has 21 heavy (non-hydrogen) atoms. The summed E-state index contributed by atoms with van der Waals surface area (Å²) < 4.78 is 13.6. The van der Waals surface area contributed by atoms with Crippen molar-refractivity contribution in [2.75, 3.05) is 6.54 Å². The Balaban J connectivity index is 2.08. The molecule has 1 aromatic carbocycles. The summed E-state index contributed by atoms with van der Waals surface area (Å²) in [5.41, 5.74) is 1.17. The maximum Gasteiger partial charge on any atom is 0.136 e. The van der Waals surface area contributed by atoms with Crippen LogP contribution in [-0.4, -0.2) is 11.5 Å². The van der Waals surface area contributed by atoms with E-state index in [1.54, 1.807) is 17.4 Å². The third-order valence-corrected chi connectivity index (χ3v) is 5.36. The number of hydrogen-bond acceptors (Lipinski definition) is 4. The summed E-state index contributed by atoms with van der Waals surface area (Å²) in [7, 11) is 0. The number of rotatable bonds is 7. The lowest BCUT2D eigenvalue weighted by Crippen LogP contribution is -2.12. The minimum Gasteiger partial charge on any atom is -0.312 e. The van der Waals surface area contributed by atoms with E-state index in [4.69, 9.17) is 4.98 Å². The predicted octanol–water partition coefficient (Wildman–Crippen LogP) is 4.81. The minimum atomic E-state index is -0.156. The first-order valence-corrected chi connectivity index (χ1v) is 8.98. The van der Waals surface area contributed by atoms with Crippen LogP contribution in [0.1, 0.15) is 42.3 Å². The van der Waals surface area contributed by atoms with Crippen molar-refractivity contribution in [3.63, 3.8) is 0 Å². The SMILES string of the molecule is CCNCc1sc(CSc2ccccc2F)nc1C(C)C. The van der Waals surface area contributed by atoms with E-state index >= 15 is 0 Å². The molecule has 1 aromatic heterocycles. The van der Waals surface area contributed by atoms with Crippen molar-refractivity contribution in [2.24, 2.45) is 0 Å². The molecule has 5 heteroatoms. The first kappa shape index (κ1) is 16.5. The smallest absolute Gasteiger partial charge is 0.136 e. The van der Waals surface area contributed by atoms with Gasteiger partial charge in [0.15, 0.2) is 0 Å². The maximum atomic E-state index is 13.6. The second-order valence-corrected chi connectivity index (χ2v) is 7.26. The van der Waals surface area contributed by atoms with Gasteiger partial charge in [0.2, 0.25) is 0 Å². The van der Waals surface area contributed by atoms with Crippen molar-refractivity contribution in [1.29, 1.82) is 0 Å². The molecule has 0 unspecified atom stereocenters. The summed E-state index contributed by atoms with van der Waals surface area (Å²) in [6, 6.07) is 6.90. The van der Waals surface area contributed by atoms with Gasteiger partial charge in [-0.3, -0.25) is 0 Å².